The highest BCUT2D eigenvalue weighted by Gasteiger charge is 2.28. The number of ether oxygens (including phenoxy) is 1. The van der Waals surface area contributed by atoms with Gasteiger partial charge in [-0.3, -0.25) is 4.68 Å². The van der Waals surface area contributed by atoms with Crippen molar-refractivity contribution < 1.29 is 4.74 Å². The van der Waals surface area contributed by atoms with Gasteiger partial charge < -0.3 is 10.1 Å². The summed E-state index contributed by atoms with van der Waals surface area (Å²) in [5.74, 6) is 1.09. The van der Waals surface area contributed by atoms with Gasteiger partial charge in [0.05, 0.1) is 18.4 Å². The van der Waals surface area contributed by atoms with Crippen LogP contribution in [0.5, 0.6) is 0 Å². The molecule has 1 saturated carbocycles. The largest absolute Gasteiger partial charge is 0.381 e. The van der Waals surface area contributed by atoms with Crippen LogP contribution in [0, 0.1) is 11.3 Å². The molecule has 124 valence electrons. The second-order valence-electron chi connectivity index (χ2n) is 6.78. The van der Waals surface area contributed by atoms with E-state index in [1.165, 1.54) is 24.1 Å². The normalized spacial score (nSPS) is 21.4. The maximum Gasteiger partial charge on any atom is 0.159 e. The first-order valence-electron chi connectivity index (χ1n) is 8.62. The van der Waals surface area contributed by atoms with Gasteiger partial charge in [0.15, 0.2) is 6.04 Å². The van der Waals surface area contributed by atoms with Gasteiger partial charge in [-0.05, 0) is 43.0 Å². The minimum Gasteiger partial charge on any atom is -0.381 e. The van der Waals surface area contributed by atoms with Crippen molar-refractivity contribution in [3.05, 3.63) is 47.3 Å². The van der Waals surface area contributed by atoms with Crippen LogP contribution in [0.3, 0.4) is 0 Å². The van der Waals surface area contributed by atoms with Gasteiger partial charge in [0.2, 0.25) is 0 Å². The summed E-state index contributed by atoms with van der Waals surface area (Å²) in [5, 5.41) is 17.5. The summed E-state index contributed by atoms with van der Waals surface area (Å²) in [6.07, 6.45) is 3.53. The molecule has 1 aliphatic heterocycles. The highest BCUT2D eigenvalue weighted by atomic mass is 16.5. The predicted octanol–water partition coefficient (Wildman–Crippen LogP) is 3.48. The lowest BCUT2D eigenvalue weighted by Crippen LogP contribution is -2.10. The molecule has 0 radical (unpaired) electrons. The number of nitrogens with zero attached hydrogens (tertiary/aromatic N) is 3. The molecule has 2 fully saturated rings. The standard InChI is InChI=1S/C19H22N4O/c1-23-19(13-5-6-13)10-17(22-23)18(11-20)21-16-4-2-3-14(9-16)15-7-8-24-12-15/h2-4,9-10,13,15,18,21H,5-8,12H2,1H3/t15-,18-/m0/s1. The fourth-order valence-electron chi connectivity index (χ4n) is 3.43. The molecule has 2 aliphatic rings. The van der Waals surface area contributed by atoms with E-state index in [1.54, 1.807) is 0 Å². The minimum atomic E-state index is -0.432. The molecule has 1 saturated heterocycles. The summed E-state index contributed by atoms with van der Waals surface area (Å²) in [4.78, 5) is 0. The van der Waals surface area contributed by atoms with Crippen molar-refractivity contribution in [3.63, 3.8) is 0 Å². The molecule has 4 rings (SSSR count). The van der Waals surface area contributed by atoms with E-state index >= 15 is 0 Å². The fourth-order valence-corrected chi connectivity index (χ4v) is 3.43. The number of nitriles is 1. The van der Waals surface area contributed by atoms with Crippen LogP contribution in [0.2, 0.25) is 0 Å². The zero-order valence-corrected chi connectivity index (χ0v) is 13.9. The summed E-state index contributed by atoms with van der Waals surface area (Å²) in [7, 11) is 1.96. The van der Waals surface area contributed by atoms with E-state index in [4.69, 9.17) is 4.74 Å². The van der Waals surface area contributed by atoms with Crippen LogP contribution in [-0.2, 0) is 11.8 Å². The Morgan fingerprint density at radius 1 is 1.29 bits per heavy atom. The van der Waals surface area contributed by atoms with Gasteiger partial charge in [-0.2, -0.15) is 10.4 Å². The number of anilines is 1. The smallest absolute Gasteiger partial charge is 0.159 e. The molecule has 5 heteroatoms. The van der Waals surface area contributed by atoms with Crippen molar-refractivity contribution in [2.24, 2.45) is 7.05 Å². The summed E-state index contributed by atoms with van der Waals surface area (Å²) in [6, 6.07) is 12.3. The summed E-state index contributed by atoms with van der Waals surface area (Å²) >= 11 is 0. The molecule has 0 amide bonds. The molecule has 5 nitrogen and oxygen atoms in total. The van der Waals surface area contributed by atoms with Gasteiger partial charge in [-0.25, -0.2) is 0 Å². The van der Waals surface area contributed by atoms with Crippen molar-refractivity contribution in [1.82, 2.24) is 9.78 Å². The van der Waals surface area contributed by atoms with Crippen LogP contribution in [0.1, 0.15) is 54.1 Å². The number of hydrogen-bond donors (Lipinski definition) is 1. The second kappa shape index (κ2) is 6.29. The average molecular weight is 322 g/mol. The van der Waals surface area contributed by atoms with E-state index in [-0.39, 0.29) is 0 Å². The molecule has 0 unspecified atom stereocenters. The van der Waals surface area contributed by atoms with Crippen LogP contribution in [0.4, 0.5) is 5.69 Å². The molecule has 2 heterocycles. The monoisotopic (exact) mass is 322 g/mol. The van der Waals surface area contributed by atoms with Gasteiger partial charge in [0.25, 0.3) is 0 Å². The lowest BCUT2D eigenvalue weighted by molar-refractivity contribution is 0.194. The van der Waals surface area contributed by atoms with Crippen LogP contribution < -0.4 is 5.32 Å². The molecule has 1 aliphatic carbocycles. The Hall–Kier alpha value is -2.32. The van der Waals surface area contributed by atoms with E-state index in [1.807, 2.05) is 23.9 Å². The zero-order valence-electron chi connectivity index (χ0n) is 13.9. The van der Waals surface area contributed by atoms with Crippen molar-refractivity contribution in [3.8, 4) is 6.07 Å². The summed E-state index contributed by atoms with van der Waals surface area (Å²) < 4.78 is 7.40. The van der Waals surface area contributed by atoms with Crippen LogP contribution in [0.15, 0.2) is 30.3 Å². The first-order chi connectivity index (χ1) is 11.7. The van der Waals surface area contributed by atoms with E-state index in [9.17, 15) is 5.26 Å². The van der Waals surface area contributed by atoms with Gasteiger partial charge in [0.1, 0.15) is 0 Å². The Bertz CT molecular complexity index is 766. The van der Waals surface area contributed by atoms with Gasteiger partial charge >= 0.3 is 0 Å². The van der Waals surface area contributed by atoms with Crippen molar-refractivity contribution >= 4 is 5.69 Å². The fraction of sp³-hybridized carbons (Fsp3) is 0.474. The van der Waals surface area contributed by atoms with Gasteiger partial charge in [-0.1, -0.05) is 12.1 Å². The number of aromatic nitrogens is 2. The van der Waals surface area contributed by atoms with E-state index in [0.29, 0.717) is 11.8 Å². The topological polar surface area (TPSA) is 62.9 Å². The third kappa shape index (κ3) is 3.02. The van der Waals surface area contributed by atoms with Crippen LogP contribution in [-0.4, -0.2) is 23.0 Å². The molecular weight excluding hydrogens is 300 g/mol. The van der Waals surface area contributed by atoms with Crippen molar-refractivity contribution in [1.29, 1.82) is 5.26 Å². The zero-order chi connectivity index (χ0) is 16.5. The minimum absolute atomic E-state index is 0.432. The molecule has 0 bridgehead atoms. The lowest BCUT2D eigenvalue weighted by atomic mass is 9.98. The number of nitrogens with one attached hydrogen (secondary N) is 1. The molecule has 1 N–H and O–H groups in total. The third-order valence-corrected chi connectivity index (χ3v) is 4.95. The number of benzene rings is 1. The Morgan fingerprint density at radius 3 is 2.88 bits per heavy atom. The number of hydrogen-bond acceptors (Lipinski definition) is 4. The first kappa shape index (κ1) is 15.2. The average Bonchev–Trinajstić information content (AvgIpc) is 3.14. The third-order valence-electron chi connectivity index (χ3n) is 4.95. The summed E-state index contributed by atoms with van der Waals surface area (Å²) in [6.45, 7) is 1.62. The molecule has 2 aromatic rings. The Morgan fingerprint density at radius 2 is 2.17 bits per heavy atom. The van der Waals surface area contributed by atoms with E-state index in [2.05, 4.69) is 34.7 Å². The molecule has 1 aromatic carbocycles. The Kier molecular flexibility index (Phi) is 3.99. The second-order valence-corrected chi connectivity index (χ2v) is 6.78. The van der Waals surface area contributed by atoms with Gasteiger partial charge in [-0.15, -0.1) is 0 Å². The molecular formula is C19H22N4O. The van der Waals surface area contributed by atoms with Crippen molar-refractivity contribution in [2.75, 3.05) is 18.5 Å². The van der Waals surface area contributed by atoms with E-state index in [0.717, 1.165) is 31.0 Å². The van der Waals surface area contributed by atoms with Crippen LogP contribution in [0.25, 0.3) is 0 Å². The molecule has 24 heavy (non-hydrogen) atoms. The summed E-state index contributed by atoms with van der Waals surface area (Å²) in [5.41, 5.74) is 4.28. The van der Waals surface area contributed by atoms with Crippen molar-refractivity contribution in [2.45, 2.75) is 37.1 Å². The highest BCUT2D eigenvalue weighted by Crippen LogP contribution is 2.40. The molecule has 0 spiro atoms. The van der Waals surface area contributed by atoms with Gasteiger partial charge in [0, 0.05) is 36.9 Å². The van der Waals surface area contributed by atoms with Crippen LogP contribution >= 0.6 is 0 Å². The highest BCUT2D eigenvalue weighted by molar-refractivity contribution is 5.49. The molecule has 2 atom stereocenters. The Balaban J connectivity index is 1.53. The number of rotatable bonds is 5. The SMILES string of the molecule is Cn1nc([C@H](C#N)Nc2cccc([C@H]3CCOC3)c2)cc1C1CC1. The Labute approximate surface area is 142 Å². The molecule has 1 aromatic heterocycles. The quantitative estimate of drug-likeness (QED) is 0.915. The predicted molar refractivity (Wildman–Crippen MR) is 91.8 cm³/mol. The maximum atomic E-state index is 9.59. The lowest BCUT2D eigenvalue weighted by Gasteiger charge is -2.14. The van der Waals surface area contributed by atoms with E-state index < -0.39 is 6.04 Å². The maximum absolute atomic E-state index is 9.59. The first-order valence-corrected chi connectivity index (χ1v) is 8.62. The number of aryl methyl sites for hydroxylation is 1.